The minimum atomic E-state index is -0.257. The summed E-state index contributed by atoms with van der Waals surface area (Å²) in [6.07, 6.45) is 1.74. The van der Waals surface area contributed by atoms with Crippen molar-refractivity contribution in [2.75, 3.05) is 18.0 Å². The van der Waals surface area contributed by atoms with Gasteiger partial charge in [0.1, 0.15) is 23.1 Å². The first-order chi connectivity index (χ1) is 10.9. The summed E-state index contributed by atoms with van der Waals surface area (Å²) in [5.41, 5.74) is 0.958. The van der Waals surface area contributed by atoms with Gasteiger partial charge in [0.05, 0.1) is 0 Å². The van der Waals surface area contributed by atoms with E-state index < -0.39 is 0 Å². The van der Waals surface area contributed by atoms with Gasteiger partial charge < -0.3 is 9.64 Å². The smallest absolute Gasteiger partial charge is 0.132 e. The summed E-state index contributed by atoms with van der Waals surface area (Å²) in [4.78, 5) is 6.68. The first kappa shape index (κ1) is 15.8. The normalized spacial score (nSPS) is 16.3. The third-order valence-corrected chi connectivity index (χ3v) is 4.92. The number of aromatic nitrogens is 1. The Morgan fingerprint density at radius 1 is 1.17 bits per heavy atom. The fraction of sp³-hybridized carbons (Fsp3) is 0.421. The standard InChI is InChI=1S/C19H23FN2O/c1-13(2)19(4)11-22(12-19)18-10-16(7-8-21-18)23-15-6-5-14(3)17(20)9-15/h5-10,13H,11-12H2,1-4H3. The lowest BCUT2D eigenvalue weighted by atomic mass is 9.72. The highest BCUT2D eigenvalue weighted by molar-refractivity contribution is 5.48. The molecule has 1 aliphatic rings. The second-order valence-corrected chi connectivity index (χ2v) is 7.03. The number of aryl methyl sites for hydroxylation is 1. The number of nitrogens with zero attached hydrogens (tertiary/aromatic N) is 2. The Labute approximate surface area is 137 Å². The maximum atomic E-state index is 13.6. The van der Waals surface area contributed by atoms with Crippen molar-refractivity contribution in [2.45, 2.75) is 27.7 Å². The molecule has 3 nitrogen and oxygen atoms in total. The lowest BCUT2D eigenvalue weighted by Gasteiger charge is -2.51. The van der Waals surface area contributed by atoms with Crippen molar-refractivity contribution < 1.29 is 9.13 Å². The maximum Gasteiger partial charge on any atom is 0.132 e. The third-order valence-electron chi connectivity index (χ3n) is 4.92. The zero-order valence-electron chi connectivity index (χ0n) is 14.1. The van der Waals surface area contributed by atoms with Crippen LogP contribution in [0.5, 0.6) is 11.5 Å². The van der Waals surface area contributed by atoms with E-state index in [1.54, 1.807) is 31.3 Å². The molecular formula is C19H23FN2O. The summed E-state index contributed by atoms with van der Waals surface area (Å²) in [7, 11) is 0. The molecule has 4 heteroatoms. The largest absolute Gasteiger partial charge is 0.457 e. The van der Waals surface area contributed by atoms with Gasteiger partial charge in [-0.05, 0) is 30.5 Å². The van der Waals surface area contributed by atoms with E-state index in [1.807, 2.05) is 6.07 Å². The molecule has 23 heavy (non-hydrogen) atoms. The minimum absolute atomic E-state index is 0.257. The zero-order valence-corrected chi connectivity index (χ0v) is 14.1. The number of rotatable bonds is 4. The molecule has 1 aromatic heterocycles. The van der Waals surface area contributed by atoms with Crippen LogP contribution in [0.4, 0.5) is 10.2 Å². The highest BCUT2D eigenvalue weighted by atomic mass is 19.1. The lowest BCUT2D eigenvalue weighted by molar-refractivity contribution is 0.160. The number of ether oxygens (including phenoxy) is 1. The van der Waals surface area contributed by atoms with Crippen LogP contribution >= 0.6 is 0 Å². The minimum Gasteiger partial charge on any atom is -0.457 e. The monoisotopic (exact) mass is 314 g/mol. The Morgan fingerprint density at radius 3 is 2.52 bits per heavy atom. The Balaban J connectivity index is 1.72. The van der Waals surface area contributed by atoms with E-state index in [-0.39, 0.29) is 5.82 Å². The van der Waals surface area contributed by atoms with Gasteiger partial charge in [-0.1, -0.05) is 26.8 Å². The summed E-state index contributed by atoms with van der Waals surface area (Å²) in [5, 5.41) is 0. The summed E-state index contributed by atoms with van der Waals surface area (Å²) in [6, 6.07) is 8.61. The van der Waals surface area contributed by atoms with Crippen LogP contribution in [0.3, 0.4) is 0 Å². The Morgan fingerprint density at radius 2 is 1.87 bits per heavy atom. The second kappa shape index (κ2) is 5.84. The van der Waals surface area contributed by atoms with Gasteiger partial charge in [-0.2, -0.15) is 0 Å². The highest BCUT2D eigenvalue weighted by Crippen LogP contribution is 2.40. The number of hydrogen-bond donors (Lipinski definition) is 0. The van der Waals surface area contributed by atoms with Crippen molar-refractivity contribution in [2.24, 2.45) is 11.3 Å². The molecule has 3 rings (SSSR count). The quantitative estimate of drug-likeness (QED) is 0.810. The first-order valence-electron chi connectivity index (χ1n) is 8.02. The van der Waals surface area contributed by atoms with E-state index >= 15 is 0 Å². The third kappa shape index (κ3) is 3.16. The van der Waals surface area contributed by atoms with Gasteiger partial charge in [0.25, 0.3) is 0 Å². The van der Waals surface area contributed by atoms with Crippen LogP contribution in [0, 0.1) is 24.1 Å². The molecule has 0 N–H and O–H groups in total. The van der Waals surface area contributed by atoms with Crippen LogP contribution in [0.15, 0.2) is 36.5 Å². The van der Waals surface area contributed by atoms with E-state index in [2.05, 4.69) is 30.7 Å². The Kier molecular flexibility index (Phi) is 4.00. The molecule has 0 atom stereocenters. The van der Waals surface area contributed by atoms with Crippen molar-refractivity contribution in [3.63, 3.8) is 0 Å². The molecule has 0 radical (unpaired) electrons. The Bertz CT molecular complexity index is 708. The fourth-order valence-electron chi connectivity index (χ4n) is 2.76. The van der Waals surface area contributed by atoms with Gasteiger partial charge in [0.2, 0.25) is 0 Å². The van der Waals surface area contributed by atoms with Crippen LogP contribution < -0.4 is 9.64 Å². The fourth-order valence-corrected chi connectivity index (χ4v) is 2.76. The summed E-state index contributed by atoms with van der Waals surface area (Å²) >= 11 is 0. The predicted octanol–water partition coefficient (Wildman–Crippen LogP) is 4.80. The van der Waals surface area contributed by atoms with Crippen LogP contribution in [0.25, 0.3) is 0 Å². The van der Waals surface area contributed by atoms with Crippen LogP contribution in [0.1, 0.15) is 26.3 Å². The van der Waals surface area contributed by atoms with Gasteiger partial charge in [0, 0.05) is 36.8 Å². The van der Waals surface area contributed by atoms with Crippen LogP contribution in [-0.2, 0) is 0 Å². The summed E-state index contributed by atoms with van der Waals surface area (Å²) in [6.45, 7) is 10.6. The van der Waals surface area contributed by atoms with E-state index in [4.69, 9.17) is 4.74 Å². The zero-order chi connectivity index (χ0) is 16.6. The van der Waals surface area contributed by atoms with Crippen molar-refractivity contribution in [3.8, 4) is 11.5 Å². The second-order valence-electron chi connectivity index (χ2n) is 7.03. The molecule has 0 bridgehead atoms. The molecule has 1 saturated heterocycles. The van der Waals surface area contributed by atoms with E-state index in [0.717, 1.165) is 18.9 Å². The van der Waals surface area contributed by atoms with Gasteiger partial charge in [-0.3, -0.25) is 0 Å². The highest BCUT2D eigenvalue weighted by Gasteiger charge is 2.41. The molecule has 0 spiro atoms. The van der Waals surface area contributed by atoms with Gasteiger partial charge in [0.15, 0.2) is 0 Å². The molecule has 0 unspecified atom stereocenters. The average Bonchev–Trinajstić information content (AvgIpc) is 2.48. The molecule has 2 heterocycles. The topological polar surface area (TPSA) is 25.4 Å². The molecule has 2 aromatic rings. The average molecular weight is 314 g/mol. The number of benzene rings is 1. The van der Waals surface area contributed by atoms with Crippen molar-refractivity contribution >= 4 is 5.82 Å². The number of halogens is 1. The van der Waals surface area contributed by atoms with Gasteiger partial charge in [-0.15, -0.1) is 0 Å². The SMILES string of the molecule is Cc1ccc(Oc2ccnc(N3CC(C)(C(C)C)C3)c2)cc1F. The van der Waals surface area contributed by atoms with Crippen molar-refractivity contribution in [1.82, 2.24) is 4.98 Å². The molecule has 0 saturated carbocycles. The van der Waals surface area contributed by atoms with E-state index in [1.165, 1.54) is 6.07 Å². The number of pyridine rings is 1. The van der Waals surface area contributed by atoms with Crippen LogP contribution in [-0.4, -0.2) is 18.1 Å². The van der Waals surface area contributed by atoms with E-state index in [0.29, 0.717) is 28.4 Å². The van der Waals surface area contributed by atoms with Gasteiger partial charge >= 0.3 is 0 Å². The molecule has 1 fully saturated rings. The predicted molar refractivity (Wildman–Crippen MR) is 90.6 cm³/mol. The molecular weight excluding hydrogens is 291 g/mol. The lowest BCUT2D eigenvalue weighted by Crippen LogP contribution is -2.57. The molecule has 0 aliphatic carbocycles. The number of hydrogen-bond acceptors (Lipinski definition) is 3. The maximum absolute atomic E-state index is 13.6. The van der Waals surface area contributed by atoms with Crippen LogP contribution in [0.2, 0.25) is 0 Å². The van der Waals surface area contributed by atoms with Crippen molar-refractivity contribution in [3.05, 3.63) is 47.9 Å². The number of anilines is 1. The summed E-state index contributed by atoms with van der Waals surface area (Å²) < 4.78 is 19.4. The summed E-state index contributed by atoms with van der Waals surface area (Å²) in [5.74, 6) is 2.48. The van der Waals surface area contributed by atoms with Gasteiger partial charge in [-0.25, -0.2) is 9.37 Å². The molecule has 1 aromatic carbocycles. The van der Waals surface area contributed by atoms with E-state index in [9.17, 15) is 4.39 Å². The molecule has 1 aliphatic heterocycles. The molecule has 122 valence electrons. The molecule has 0 amide bonds. The first-order valence-corrected chi connectivity index (χ1v) is 8.02. The van der Waals surface area contributed by atoms with Crippen molar-refractivity contribution in [1.29, 1.82) is 0 Å². The Hall–Kier alpha value is -2.10.